The Labute approximate surface area is 86.9 Å². The summed E-state index contributed by atoms with van der Waals surface area (Å²) < 4.78 is 26.4. The Morgan fingerprint density at radius 1 is 1.43 bits per heavy atom. The zero-order valence-corrected chi connectivity index (χ0v) is 8.61. The SMILES string of the molecule is CC(N)CCc1c(F)ccc(Cl)c1F. The average molecular weight is 220 g/mol. The highest BCUT2D eigenvalue weighted by atomic mass is 35.5. The molecule has 1 atom stereocenters. The molecule has 4 heteroatoms. The Bertz CT molecular complexity index is 326. The molecule has 1 rings (SSSR count). The molecule has 0 amide bonds. The number of nitrogens with two attached hydrogens (primary N) is 1. The van der Waals surface area contributed by atoms with Crippen molar-refractivity contribution < 1.29 is 8.78 Å². The second-order valence-corrected chi connectivity index (χ2v) is 3.74. The topological polar surface area (TPSA) is 26.0 Å². The first-order chi connectivity index (χ1) is 6.52. The van der Waals surface area contributed by atoms with E-state index >= 15 is 0 Å². The molecule has 14 heavy (non-hydrogen) atoms. The third kappa shape index (κ3) is 2.66. The van der Waals surface area contributed by atoms with Crippen molar-refractivity contribution in [2.45, 2.75) is 25.8 Å². The standard InChI is InChI=1S/C10H12ClF2N/c1-6(14)2-3-7-9(12)5-4-8(11)10(7)13/h4-6H,2-3,14H2,1H3. The minimum absolute atomic E-state index is 0.0230. The van der Waals surface area contributed by atoms with Gasteiger partial charge >= 0.3 is 0 Å². The Balaban J connectivity index is 2.89. The van der Waals surface area contributed by atoms with E-state index in [9.17, 15) is 8.78 Å². The van der Waals surface area contributed by atoms with Gasteiger partial charge in [-0.25, -0.2) is 8.78 Å². The lowest BCUT2D eigenvalue weighted by Crippen LogP contribution is -2.16. The fraction of sp³-hybridized carbons (Fsp3) is 0.400. The smallest absolute Gasteiger partial charge is 0.147 e. The summed E-state index contributed by atoms with van der Waals surface area (Å²) in [7, 11) is 0. The summed E-state index contributed by atoms with van der Waals surface area (Å²) in [6.07, 6.45) is 0.810. The summed E-state index contributed by atoms with van der Waals surface area (Å²) in [5.74, 6) is -1.24. The molecule has 0 aromatic heterocycles. The van der Waals surface area contributed by atoms with Gasteiger partial charge in [-0.15, -0.1) is 0 Å². The molecule has 0 bridgehead atoms. The summed E-state index contributed by atoms with van der Waals surface area (Å²) in [4.78, 5) is 0. The molecule has 0 aliphatic heterocycles. The molecule has 0 spiro atoms. The van der Waals surface area contributed by atoms with Crippen LogP contribution in [-0.4, -0.2) is 6.04 Å². The van der Waals surface area contributed by atoms with E-state index < -0.39 is 11.6 Å². The molecule has 1 aromatic rings. The van der Waals surface area contributed by atoms with E-state index in [1.165, 1.54) is 12.1 Å². The molecule has 1 unspecified atom stereocenters. The van der Waals surface area contributed by atoms with E-state index in [1.807, 2.05) is 0 Å². The van der Waals surface area contributed by atoms with Crippen molar-refractivity contribution in [3.8, 4) is 0 Å². The largest absolute Gasteiger partial charge is 0.328 e. The van der Waals surface area contributed by atoms with Crippen LogP contribution in [-0.2, 0) is 6.42 Å². The number of rotatable bonds is 3. The fourth-order valence-corrected chi connectivity index (χ4v) is 1.35. The normalized spacial score (nSPS) is 12.9. The van der Waals surface area contributed by atoms with Crippen LogP contribution in [0.2, 0.25) is 5.02 Å². The summed E-state index contributed by atoms with van der Waals surface area (Å²) in [6, 6.07) is 2.30. The predicted molar refractivity (Wildman–Crippen MR) is 53.3 cm³/mol. The third-order valence-corrected chi connectivity index (χ3v) is 2.28. The monoisotopic (exact) mass is 219 g/mol. The van der Waals surface area contributed by atoms with E-state index in [2.05, 4.69) is 0 Å². The Morgan fingerprint density at radius 3 is 2.64 bits per heavy atom. The maximum absolute atomic E-state index is 13.3. The van der Waals surface area contributed by atoms with Crippen LogP contribution in [0.25, 0.3) is 0 Å². The summed E-state index contributed by atoms with van der Waals surface area (Å²) in [5, 5.41) is -0.0499. The van der Waals surface area contributed by atoms with E-state index in [1.54, 1.807) is 6.92 Å². The summed E-state index contributed by atoms with van der Waals surface area (Å²) in [5.41, 5.74) is 5.52. The minimum Gasteiger partial charge on any atom is -0.328 e. The molecule has 0 saturated carbocycles. The highest BCUT2D eigenvalue weighted by molar-refractivity contribution is 6.30. The van der Waals surface area contributed by atoms with Gasteiger partial charge in [0.25, 0.3) is 0 Å². The number of benzene rings is 1. The molecule has 0 heterocycles. The van der Waals surface area contributed by atoms with Crippen LogP contribution in [0.5, 0.6) is 0 Å². The Morgan fingerprint density at radius 2 is 2.07 bits per heavy atom. The molecule has 78 valence electrons. The predicted octanol–water partition coefficient (Wildman–Crippen LogP) is 2.90. The molecular formula is C10H12ClF2N. The molecule has 2 N–H and O–H groups in total. The first-order valence-corrected chi connectivity index (χ1v) is 4.78. The Kier molecular flexibility index (Phi) is 3.84. The van der Waals surface area contributed by atoms with Crippen LogP contribution in [0.15, 0.2) is 12.1 Å². The van der Waals surface area contributed by atoms with Crippen LogP contribution in [0.4, 0.5) is 8.78 Å². The van der Waals surface area contributed by atoms with Crippen molar-refractivity contribution in [3.63, 3.8) is 0 Å². The maximum atomic E-state index is 13.3. The zero-order chi connectivity index (χ0) is 10.7. The van der Waals surface area contributed by atoms with Gasteiger partial charge in [0.2, 0.25) is 0 Å². The molecule has 0 aliphatic carbocycles. The second-order valence-electron chi connectivity index (χ2n) is 3.34. The summed E-state index contributed by atoms with van der Waals surface area (Å²) >= 11 is 5.53. The molecule has 0 fully saturated rings. The van der Waals surface area contributed by atoms with Crippen molar-refractivity contribution in [1.29, 1.82) is 0 Å². The van der Waals surface area contributed by atoms with Gasteiger partial charge in [-0.1, -0.05) is 11.6 Å². The molecule has 0 saturated heterocycles. The van der Waals surface area contributed by atoms with Gasteiger partial charge in [0.05, 0.1) is 5.02 Å². The first kappa shape index (κ1) is 11.4. The molecular weight excluding hydrogens is 208 g/mol. The van der Waals surface area contributed by atoms with Gasteiger partial charge in [0, 0.05) is 11.6 Å². The fourth-order valence-electron chi connectivity index (χ4n) is 1.17. The number of halogens is 3. The van der Waals surface area contributed by atoms with Gasteiger partial charge in [-0.2, -0.15) is 0 Å². The zero-order valence-electron chi connectivity index (χ0n) is 7.86. The van der Waals surface area contributed by atoms with Gasteiger partial charge in [-0.05, 0) is 31.9 Å². The van der Waals surface area contributed by atoms with Crippen molar-refractivity contribution in [2.75, 3.05) is 0 Å². The lowest BCUT2D eigenvalue weighted by molar-refractivity contribution is 0.540. The van der Waals surface area contributed by atoms with Crippen molar-refractivity contribution in [2.24, 2.45) is 5.73 Å². The third-order valence-electron chi connectivity index (χ3n) is 1.99. The van der Waals surface area contributed by atoms with E-state index in [0.29, 0.717) is 6.42 Å². The van der Waals surface area contributed by atoms with Crippen LogP contribution in [0.3, 0.4) is 0 Å². The highest BCUT2D eigenvalue weighted by Gasteiger charge is 2.12. The van der Waals surface area contributed by atoms with E-state index in [-0.39, 0.29) is 23.0 Å². The molecule has 0 radical (unpaired) electrons. The van der Waals surface area contributed by atoms with Crippen LogP contribution in [0, 0.1) is 11.6 Å². The summed E-state index contributed by atoms with van der Waals surface area (Å²) in [6.45, 7) is 1.79. The quantitative estimate of drug-likeness (QED) is 0.778. The lowest BCUT2D eigenvalue weighted by Gasteiger charge is -2.08. The van der Waals surface area contributed by atoms with Crippen molar-refractivity contribution >= 4 is 11.6 Å². The number of hydrogen-bond acceptors (Lipinski definition) is 1. The average Bonchev–Trinajstić information content (AvgIpc) is 2.11. The van der Waals surface area contributed by atoms with Gasteiger partial charge in [0.15, 0.2) is 0 Å². The van der Waals surface area contributed by atoms with Crippen molar-refractivity contribution in [1.82, 2.24) is 0 Å². The first-order valence-electron chi connectivity index (χ1n) is 4.40. The molecule has 1 nitrogen and oxygen atoms in total. The van der Waals surface area contributed by atoms with Gasteiger partial charge in [-0.3, -0.25) is 0 Å². The molecule has 1 aromatic carbocycles. The van der Waals surface area contributed by atoms with E-state index in [0.717, 1.165) is 0 Å². The second kappa shape index (κ2) is 4.71. The van der Waals surface area contributed by atoms with E-state index in [4.69, 9.17) is 17.3 Å². The maximum Gasteiger partial charge on any atom is 0.147 e. The Hall–Kier alpha value is -0.670. The van der Waals surface area contributed by atoms with Crippen LogP contribution in [0.1, 0.15) is 18.9 Å². The minimum atomic E-state index is -0.674. The highest BCUT2D eigenvalue weighted by Crippen LogP contribution is 2.22. The van der Waals surface area contributed by atoms with Gasteiger partial charge < -0.3 is 5.73 Å². The van der Waals surface area contributed by atoms with Crippen LogP contribution >= 0.6 is 11.6 Å². The van der Waals surface area contributed by atoms with Gasteiger partial charge in [0.1, 0.15) is 11.6 Å². The number of hydrogen-bond donors (Lipinski definition) is 1. The van der Waals surface area contributed by atoms with Crippen LogP contribution < -0.4 is 5.73 Å². The van der Waals surface area contributed by atoms with Crippen molar-refractivity contribution in [3.05, 3.63) is 34.4 Å². The molecule has 0 aliphatic rings. The lowest BCUT2D eigenvalue weighted by atomic mass is 10.1.